The highest BCUT2D eigenvalue weighted by Gasteiger charge is 2.17. The van der Waals surface area contributed by atoms with E-state index in [0.717, 1.165) is 0 Å². The summed E-state index contributed by atoms with van der Waals surface area (Å²) in [6.45, 7) is 0. The van der Waals surface area contributed by atoms with E-state index >= 15 is 0 Å². The number of hydrogen-bond donors (Lipinski definition) is 6. The van der Waals surface area contributed by atoms with E-state index in [9.17, 15) is 25.2 Å². The van der Waals surface area contributed by atoms with E-state index in [1.807, 2.05) is 0 Å². The smallest absolute Gasteiger partial charge is 0.240 e. The highest BCUT2D eigenvalue weighted by molar-refractivity contribution is 7.80. The number of benzene rings is 2. The summed E-state index contributed by atoms with van der Waals surface area (Å²) in [4.78, 5) is 11.9. The number of nitrogens with one attached hydrogen (secondary N) is 1. The van der Waals surface area contributed by atoms with Gasteiger partial charge in [0.15, 0.2) is 23.0 Å². The van der Waals surface area contributed by atoms with Gasteiger partial charge in [-0.1, -0.05) is 30.4 Å². The molecule has 0 radical (unpaired) electrons. The molecule has 0 aliphatic heterocycles. The SMILES string of the molecule is NC(=O)[C@@H](Cc1ccc(O)c(O)c1)NC(=S)/C=C/c1ccc(O)c(O)c1. The fraction of sp³-hybridized carbons (Fsp3) is 0.111. The average molecular weight is 374 g/mol. The van der Waals surface area contributed by atoms with Crippen molar-refractivity contribution in [2.45, 2.75) is 12.5 Å². The van der Waals surface area contributed by atoms with Crippen molar-refractivity contribution in [3.63, 3.8) is 0 Å². The van der Waals surface area contributed by atoms with Gasteiger partial charge in [0.2, 0.25) is 5.91 Å². The summed E-state index contributed by atoms with van der Waals surface area (Å²) in [5.74, 6) is -1.66. The van der Waals surface area contributed by atoms with Crippen LogP contribution in [0.1, 0.15) is 11.1 Å². The molecule has 0 aromatic heterocycles. The number of aromatic hydroxyl groups is 4. The molecule has 1 amide bonds. The quantitative estimate of drug-likeness (QED) is 0.256. The summed E-state index contributed by atoms with van der Waals surface area (Å²) in [5.41, 5.74) is 6.58. The lowest BCUT2D eigenvalue weighted by atomic mass is 10.0. The molecule has 0 saturated carbocycles. The second-order valence-electron chi connectivity index (χ2n) is 5.57. The Bertz CT molecular complexity index is 867. The van der Waals surface area contributed by atoms with E-state index in [1.54, 1.807) is 18.2 Å². The number of hydrogen-bond acceptors (Lipinski definition) is 6. The number of primary amides is 1. The van der Waals surface area contributed by atoms with Crippen molar-refractivity contribution in [2.75, 3.05) is 0 Å². The lowest BCUT2D eigenvalue weighted by Gasteiger charge is -2.16. The van der Waals surface area contributed by atoms with Gasteiger partial charge in [0.05, 0.1) is 4.99 Å². The van der Waals surface area contributed by atoms with Crippen molar-refractivity contribution in [3.8, 4) is 23.0 Å². The lowest BCUT2D eigenvalue weighted by molar-refractivity contribution is -0.119. The fourth-order valence-electron chi connectivity index (χ4n) is 2.19. The Morgan fingerprint density at radius 3 is 2.23 bits per heavy atom. The molecule has 0 unspecified atom stereocenters. The molecule has 0 heterocycles. The van der Waals surface area contributed by atoms with Crippen LogP contribution < -0.4 is 11.1 Å². The van der Waals surface area contributed by atoms with Gasteiger partial charge in [-0.15, -0.1) is 0 Å². The van der Waals surface area contributed by atoms with Crippen LogP contribution in [0.25, 0.3) is 6.08 Å². The maximum Gasteiger partial charge on any atom is 0.240 e. The summed E-state index contributed by atoms with van der Waals surface area (Å²) in [7, 11) is 0. The Morgan fingerprint density at radius 1 is 1.04 bits per heavy atom. The van der Waals surface area contributed by atoms with Gasteiger partial charge in [-0.2, -0.15) is 0 Å². The zero-order valence-corrected chi connectivity index (χ0v) is 14.4. The van der Waals surface area contributed by atoms with E-state index in [1.165, 1.54) is 30.3 Å². The Morgan fingerprint density at radius 2 is 1.65 bits per heavy atom. The second-order valence-corrected chi connectivity index (χ2v) is 6.01. The van der Waals surface area contributed by atoms with E-state index in [-0.39, 0.29) is 34.4 Å². The summed E-state index contributed by atoms with van der Waals surface area (Å²) in [6, 6.07) is 7.69. The fourth-order valence-corrected chi connectivity index (χ4v) is 2.40. The number of carbonyl (C=O) groups is 1. The van der Waals surface area contributed by atoms with Crippen molar-refractivity contribution in [3.05, 3.63) is 53.6 Å². The van der Waals surface area contributed by atoms with E-state index in [0.29, 0.717) is 11.1 Å². The van der Waals surface area contributed by atoms with E-state index in [2.05, 4.69) is 5.32 Å². The van der Waals surface area contributed by atoms with Gasteiger partial charge in [0.25, 0.3) is 0 Å². The molecule has 0 aliphatic carbocycles. The molecule has 8 heteroatoms. The Kier molecular flexibility index (Phi) is 6.03. The zero-order valence-electron chi connectivity index (χ0n) is 13.6. The monoisotopic (exact) mass is 374 g/mol. The molecule has 26 heavy (non-hydrogen) atoms. The third-order valence-electron chi connectivity index (χ3n) is 3.57. The van der Waals surface area contributed by atoms with Gasteiger partial charge in [-0.05, 0) is 41.5 Å². The number of amides is 1. The topological polar surface area (TPSA) is 136 Å². The van der Waals surface area contributed by atoms with Gasteiger partial charge in [-0.25, -0.2) is 0 Å². The molecule has 2 aromatic rings. The molecular weight excluding hydrogens is 356 g/mol. The number of rotatable bonds is 6. The lowest BCUT2D eigenvalue weighted by Crippen LogP contribution is -2.44. The number of nitrogens with two attached hydrogens (primary N) is 1. The van der Waals surface area contributed by atoms with Crippen molar-refractivity contribution in [1.82, 2.24) is 5.32 Å². The maximum atomic E-state index is 11.7. The summed E-state index contributed by atoms with van der Waals surface area (Å²) in [6.07, 6.45) is 3.28. The minimum Gasteiger partial charge on any atom is -0.504 e. The molecule has 0 fully saturated rings. The third kappa shape index (κ3) is 5.12. The third-order valence-corrected chi connectivity index (χ3v) is 3.82. The highest BCUT2D eigenvalue weighted by atomic mass is 32.1. The van der Waals surface area contributed by atoms with Gasteiger partial charge >= 0.3 is 0 Å². The second kappa shape index (κ2) is 8.21. The van der Waals surface area contributed by atoms with E-state index < -0.39 is 11.9 Å². The van der Waals surface area contributed by atoms with Crippen molar-refractivity contribution >= 4 is 29.2 Å². The van der Waals surface area contributed by atoms with Gasteiger partial charge in [0.1, 0.15) is 6.04 Å². The minimum atomic E-state index is -0.815. The molecule has 7 nitrogen and oxygen atoms in total. The van der Waals surface area contributed by atoms with Crippen LogP contribution in [0.4, 0.5) is 0 Å². The first-order valence-corrected chi connectivity index (χ1v) is 7.98. The molecule has 1 atom stereocenters. The van der Waals surface area contributed by atoms with Crippen LogP contribution in [0.5, 0.6) is 23.0 Å². The normalized spacial score (nSPS) is 12.0. The molecular formula is C18H18N2O5S. The predicted octanol–water partition coefficient (Wildman–Crippen LogP) is 1.54. The molecule has 0 saturated heterocycles. The summed E-state index contributed by atoms with van der Waals surface area (Å²) >= 11 is 5.16. The Labute approximate surface area is 155 Å². The standard InChI is InChI=1S/C18H18N2O5S/c19-18(25)12(7-11-2-5-14(22)16(24)9-11)20-17(26)6-3-10-1-4-13(21)15(23)8-10/h1-6,8-9,12,21-24H,7H2,(H2,19,25)(H,20,26)/b6-3+/t12-/m1/s1. The first kappa shape index (κ1) is 19.1. The number of thiocarbonyl (C=S) groups is 1. The first-order valence-electron chi connectivity index (χ1n) is 7.57. The minimum absolute atomic E-state index is 0.164. The molecule has 0 bridgehead atoms. The number of phenolic OH excluding ortho intramolecular Hbond substituents is 4. The zero-order chi connectivity index (χ0) is 19.3. The van der Waals surface area contributed by atoms with Crippen LogP contribution in [0.3, 0.4) is 0 Å². The average Bonchev–Trinajstić information content (AvgIpc) is 2.58. The number of carbonyl (C=O) groups excluding carboxylic acids is 1. The maximum absolute atomic E-state index is 11.7. The summed E-state index contributed by atoms with van der Waals surface area (Å²) in [5, 5.41) is 40.4. The van der Waals surface area contributed by atoms with Crippen LogP contribution in [-0.4, -0.2) is 37.4 Å². The largest absolute Gasteiger partial charge is 0.504 e. The van der Waals surface area contributed by atoms with Crippen LogP contribution >= 0.6 is 12.2 Å². The van der Waals surface area contributed by atoms with Gasteiger partial charge in [0, 0.05) is 6.42 Å². The Hall–Kier alpha value is -3.26. The molecule has 7 N–H and O–H groups in total. The Balaban J connectivity index is 2.05. The first-order chi connectivity index (χ1) is 12.3. The molecule has 136 valence electrons. The summed E-state index contributed by atoms with van der Waals surface area (Å²) < 4.78 is 0. The molecule has 0 spiro atoms. The van der Waals surface area contributed by atoms with Crippen molar-refractivity contribution in [1.29, 1.82) is 0 Å². The van der Waals surface area contributed by atoms with Crippen molar-refractivity contribution < 1.29 is 25.2 Å². The molecule has 2 rings (SSSR count). The predicted molar refractivity (Wildman–Crippen MR) is 101 cm³/mol. The van der Waals surface area contributed by atoms with Gasteiger partial charge < -0.3 is 31.5 Å². The van der Waals surface area contributed by atoms with Crippen LogP contribution in [0.15, 0.2) is 42.5 Å². The van der Waals surface area contributed by atoms with Crippen LogP contribution in [0, 0.1) is 0 Å². The van der Waals surface area contributed by atoms with Crippen molar-refractivity contribution in [2.24, 2.45) is 5.73 Å². The highest BCUT2D eigenvalue weighted by Crippen LogP contribution is 2.26. The van der Waals surface area contributed by atoms with Crippen LogP contribution in [-0.2, 0) is 11.2 Å². The molecule has 0 aliphatic rings. The number of phenols is 4. The van der Waals surface area contributed by atoms with E-state index in [4.69, 9.17) is 18.0 Å². The molecule has 2 aromatic carbocycles. The van der Waals surface area contributed by atoms with Crippen LogP contribution in [0.2, 0.25) is 0 Å². The van der Waals surface area contributed by atoms with Gasteiger partial charge in [-0.3, -0.25) is 4.79 Å².